The molecule has 1 amide bonds. The van der Waals surface area contributed by atoms with E-state index in [0.717, 1.165) is 0 Å². The Morgan fingerprint density at radius 3 is 2.90 bits per heavy atom. The Kier molecular flexibility index (Phi) is 4.62. The van der Waals surface area contributed by atoms with Crippen molar-refractivity contribution in [2.45, 2.75) is 6.42 Å². The second-order valence-corrected chi connectivity index (χ2v) is 4.26. The van der Waals surface area contributed by atoms with Crippen molar-refractivity contribution >= 4 is 11.6 Å². The number of aromatic nitrogens is 2. The largest absolute Gasteiger partial charge is 0.396 e. The number of carbonyl (C=O) groups is 1. The molecule has 1 heterocycles. The third kappa shape index (κ3) is 3.42. The average Bonchev–Trinajstić information content (AvgIpc) is 3.00. The molecule has 110 valence electrons. The van der Waals surface area contributed by atoms with Crippen molar-refractivity contribution in [2.24, 2.45) is 0 Å². The van der Waals surface area contributed by atoms with Gasteiger partial charge in [-0.2, -0.15) is 0 Å². The Morgan fingerprint density at radius 1 is 1.48 bits per heavy atom. The smallest absolute Gasteiger partial charge is 0.294 e. The zero-order chi connectivity index (χ0) is 15.2. The minimum Gasteiger partial charge on any atom is -0.396 e. The molecule has 0 saturated heterocycles. The van der Waals surface area contributed by atoms with Crippen LogP contribution in [0.5, 0.6) is 0 Å². The van der Waals surface area contributed by atoms with E-state index in [1.807, 2.05) is 0 Å². The van der Waals surface area contributed by atoms with Crippen LogP contribution < -0.4 is 5.32 Å². The van der Waals surface area contributed by atoms with Gasteiger partial charge in [-0.15, -0.1) is 0 Å². The van der Waals surface area contributed by atoms with Crippen molar-refractivity contribution in [3.8, 4) is 5.69 Å². The van der Waals surface area contributed by atoms with E-state index in [1.54, 1.807) is 6.20 Å². The minimum atomic E-state index is -0.542. The van der Waals surface area contributed by atoms with Gasteiger partial charge in [0.15, 0.2) is 0 Å². The summed E-state index contributed by atoms with van der Waals surface area (Å²) >= 11 is 0. The summed E-state index contributed by atoms with van der Waals surface area (Å²) in [4.78, 5) is 26.3. The number of nitro groups is 1. The molecule has 2 N–H and O–H groups in total. The van der Waals surface area contributed by atoms with Gasteiger partial charge in [0.1, 0.15) is 5.69 Å². The first-order valence-electron chi connectivity index (χ1n) is 6.29. The highest BCUT2D eigenvalue weighted by Gasteiger charge is 2.18. The van der Waals surface area contributed by atoms with Crippen LogP contribution in [0.25, 0.3) is 5.69 Å². The third-order valence-corrected chi connectivity index (χ3v) is 2.84. The first-order valence-corrected chi connectivity index (χ1v) is 6.29. The molecule has 2 aromatic rings. The molecule has 0 radical (unpaired) electrons. The fraction of sp³-hybridized carbons (Fsp3) is 0.231. The van der Waals surface area contributed by atoms with Gasteiger partial charge in [-0.05, 0) is 18.6 Å². The van der Waals surface area contributed by atoms with Gasteiger partial charge in [0, 0.05) is 37.2 Å². The quantitative estimate of drug-likeness (QED) is 0.466. The maximum absolute atomic E-state index is 11.9. The fourth-order valence-corrected chi connectivity index (χ4v) is 1.81. The van der Waals surface area contributed by atoms with Gasteiger partial charge in [-0.3, -0.25) is 14.9 Å². The zero-order valence-electron chi connectivity index (χ0n) is 11.1. The molecule has 0 fully saturated rings. The number of carbonyl (C=O) groups excluding carboxylic acids is 1. The van der Waals surface area contributed by atoms with Gasteiger partial charge < -0.3 is 15.0 Å². The molecule has 0 aliphatic heterocycles. The predicted octanol–water partition coefficient (Wildman–Crippen LogP) is 0.893. The highest BCUT2D eigenvalue weighted by Crippen LogP contribution is 2.24. The normalized spacial score (nSPS) is 10.3. The van der Waals surface area contributed by atoms with E-state index in [0.29, 0.717) is 18.7 Å². The van der Waals surface area contributed by atoms with Crippen LogP contribution in [-0.4, -0.2) is 38.6 Å². The topological polar surface area (TPSA) is 110 Å². The highest BCUT2D eigenvalue weighted by atomic mass is 16.6. The van der Waals surface area contributed by atoms with Crippen LogP contribution in [0.3, 0.4) is 0 Å². The summed E-state index contributed by atoms with van der Waals surface area (Å²) in [5.74, 6) is -0.413. The number of hydrogen-bond donors (Lipinski definition) is 2. The summed E-state index contributed by atoms with van der Waals surface area (Å²) in [7, 11) is 0. The van der Waals surface area contributed by atoms with Gasteiger partial charge >= 0.3 is 0 Å². The fourth-order valence-electron chi connectivity index (χ4n) is 1.81. The van der Waals surface area contributed by atoms with Crippen LogP contribution in [0.2, 0.25) is 0 Å². The summed E-state index contributed by atoms with van der Waals surface area (Å²) in [6.07, 6.45) is 4.98. The summed E-state index contributed by atoms with van der Waals surface area (Å²) in [6.45, 7) is 0.284. The van der Waals surface area contributed by atoms with Gasteiger partial charge in [0.25, 0.3) is 11.6 Å². The number of nitrogens with zero attached hydrogens (tertiary/aromatic N) is 3. The first kappa shape index (κ1) is 14.7. The number of benzene rings is 1. The lowest BCUT2D eigenvalue weighted by Gasteiger charge is -2.07. The number of rotatable bonds is 6. The van der Waals surface area contributed by atoms with E-state index in [-0.39, 0.29) is 17.9 Å². The average molecular weight is 290 g/mol. The van der Waals surface area contributed by atoms with Crippen LogP contribution in [0.1, 0.15) is 16.8 Å². The number of aliphatic hydroxyl groups excluding tert-OH is 1. The second-order valence-electron chi connectivity index (χ2n) is 4.26. The van der Waals surface area contributed by atoms with Gasteiger partial charge in [-0.25, -0.2) is 4.98 Å². The molecule has 0 aliphatic rings. The SMILES string of the molecule is O=C(NCCCO)c1ccc(-n2ccnc2)c([N+](=O)[O-])c1. The molecule has 2 rings (SSSR count). The lowest BCUT2D eigenvalue weighted by atomic mass is 10.1. The monoisotopic (exact) mass is 290 g/mol. The van der Waals surface area contributed by atoms with E-state index < -0.39 is 10.8 Å². The number of aliphatic hydroxyl groups is 1. The van der Waals surface area contributed by atoms with Crippen molar-refractivity contribution in [1.29, 1.82) is 0 Å². The summed E-state index contributed by atoms with van der Waals surface area (Å²) in [5.41, 5.74) is 0.357. The molecule has 0 aliphatic carbocycles. The number of nitro benzene ring substituents is 1. The maximum atomic E-state index is 11.9. The molecule has 0 atom stereocenters. The number of amides is 1. The molecule has 1 aromatic carbocycles. The highest BCUT2D eigenvalue weighted by molar-refractivity contribution is 5.95. The minimum absolute atomic E-state index is 0.0278. The van der Waals surface area contributed by atoms with E-state index in [9.17, 15) is 14.9 Å². The summed E-state index contributed by atoms with van der Waals surface area (Å²) < 4.78 is 1.51. The van der Waals surface area contributed by atoms with Crippen molar-refractivity contribution in [2.75, 3.05) is 13.2 Å². The third-order valence-electron chi connectivity index (χ3n) is 2.84. The van der Waals surface area contributed by atoms with Crippen molar-refractivity contribution < 1.29 is 14.8 Å². The first-order chi connectivity index (χ1) is 10.1. The number of imidazole rings is 1. The van der Waals surface area contributed by atoms with Gasteiger partial charge in [0.05, 0.1) is 11.3 Å². The van der Waals surface area contributed by atoms with E-state index in [4.69, 9.17) is 5.11 Å². The van der Waals surface area contributed by atoms with E-state index in [2.05, 4.69) is 10.3 Å². The number of hydrogen-bond acceptors (Lipinski definition) is 5. The second kappa shape index (κ2) is 6.62. The molecule has 8 nitrogen and oxygen atoms in total. The summed E-state index contributed by atoms with van der Waals surface area (Å²) in [5, 5.41) is 22.4. The van der Waals surface area contributed by atoms with E-state index in [1.165, 1.54) is 35.3 Å². The number of nitrogens with one attached hydrogen (secondary N) is 1. The Hall–Kier alpha value is -2.74. The lowest BCUT2D eigenvalue weighted by Crippen LogP contribution is -2.25. The van der Waals surface area contributed by atoms with Crippen molar-refractivity contribution in [1.82, 2.24) is 14.9 Å². The Bertz CT molecular complexity index is 640. The molecule has 1 aromatic heterocycles. The van der Waals surface area contributed by atoms with E-state index >= 15 is 0 Å². The molecular formula is C13H14N4O4. The predicted molar refractivity (Wildman–Crippen MR) is 74.3 cm³/mol. The van der Waals surface area contributed by atoms with Crippen LogP contribution >= 0.6 is 0 Å². The van der Waals surface area contributed by atoms with Crippen LogP contribution in [0, 0.1) is 10.1 Å². The molecule has 0 spiro atoms. The van der Waals surface area contributed by atoms with Crippen LogP contribution in [0.4, 0.5) is 5.69 Å². The zero-order valence-corrected chi connectivity index (χ0v) is 11.1. The van der Waals surface area contributed by atoms with Gasteiger partial charge in [-0.1, -0.05) is 0 Å². The van der Waals surface area contributed by atoms with Crippen molar-refractivity contribution in [3.05, 3.63) is 52.6 Å². The molecular weight excluding hydrogens is 276 g/mol. The molecule has 8 heteroatoms. The molecule has 0 bridgehead atoms. The standard InChI is InChI=1S/C13H14N4O4/c18-7-1-4-15-13(19)10-2-3-11(12(8-10)17(20)21)16-6-5-14-9-16/h2-3,5-6,8-9,18H,1,4,7H2,(H,15,19). The maximum Gasteiger partial charge on any atom is 0.294 e. The van der Waals surface area contributed by atoms with Crippen LogP contribution in [0.15, 0.2) is 36.9 Å². The summed E-state index contributed by atoms with van der Waals surface area (Å²) in [6, 6.07) is 4.24. The van der Waals surface area contributed by atoms with Gasteiger partial charge in [0.2, 0.25) is 0 Å². The molecule has 0 unspecified atom stereocenters. The van der Waals surface area contributed by atoms with Crippen LogP contribution in [-0.2, 0) is 0 Å². The van der Waals surface area contributed by atoms with Crippen molar-refractivity contribution in [3.63, 3.8) is 0 Å². The Morgan fingerprint density at radius 2 is 2.29 bits per heavy atom. The lowest BCUT2D eigenvalue weighted by molar-refractivity contribution is -0.384. The molecule has 21 heavy (non-hydrogen) atoms. The Labute approximate surface area is 120 Å². The Balaban J connectivity index is 2.28. The molecule has 0 saturated carbocycles.